The van der Waals surface area contributed by atoms with Crippen LogP contribution in [-0.2, 0) is 0 Å². The van der Waals surface area contributed by atoms with Crippen molar-refractivity contribution in [2.45, 2.75) is 45.6 Å². The molecule has 2 aliphatic carbocycles. The summed E-state index contributed by atoms with van der Waals surface area (Å²) in [5.41, 5.74) is 1.05. The topological polar surface area (TPSA) is 62.2 Å². The molecule has 1 heterocycles. The SMILES string of the molecule is Cc1cc(C(=O)O)cc(NC(C)C2CC3CCC2C3)n1. The minimum atomic E-state index is -0.897. The third kappa shape index (κ3) is 2.51. The lowest BCUT2D eigenvalue weighted by atomic mass is 9.84. The molecular formula is C16H22N2O2. The standard InChI is InChI=1S/C16H22N2O2/c1-9-5-13(16(19)20)8-15(17-9)18-10(2)14-7-11-3-4-12(14)6-11/h5,8,10-12,14H,3-4,6-7H2,1-2H3,(H,17,18)(H,19,20). The number of nitrogens with zero attached hydrogens (tertiary/aromatic N) is 1. The minimum Gasteiger partial charge on any atom is -0.478 e. The molecule has 3 rings (SSSR count). The van der Waals surface area contributed by atoms with Crippen molar-refractivity contribution >= 4 is 11.8 Å². The average Bonchev–Trinajstić information content (AvgIpc) is 3.00. The van der Waals surface area contributed by atoms with Crippen molar-refractivity contribution in [3.05, 3.63) is 23.4 Å². The van der Waals surface area contributed by atoms with Crippen molar-refractivity contribution < 1.29 is 9.90 Å². The van der Waals surface area contributed by atoms with Gasteiger partial charge in [0.15, 0.2) is 0 Å². The Morgan fingerprint density at radius 1 is 1.40 bits per heavy atom. The Morgan fingerprint density at radius 2 is 2.20 bits per heavy atom. The highest BCUT2D eigenvalue weighted by atomic mass is 16.4. The first-order valence-corrected chi connectivity index (χ1v) is 7.51. The summed E-state index contributed by atoms with van der Waals surface area (Å²) >= 11 is 0. The highest BCUT2D eigenvalue weighted by Crippen LogP contribution is 2.49. The summed E-state index contributed by atoms with van der Waals surface area (Å²) in [4.78, 5) is 15.5. The monoisotopic (exact) mass is 274 g/mol. The molecular weight excluding hydrogens is 252 g/mol. The molecule has 2 N–H and O–H groups in total. The molecule has 20 heavy (non-hydrogen) atoms. The normalized spacial score (nSPS) is 29.4. The smallest absolute Gasteiger partial charge is 0.335 e. The van der Waals surface area contributed by atoms with Gasteiger partial charge < -0.3 is 10.4 Å². The molecule has 2 aliphatic rings. The van der Waals surface area contributed by atoms with Crippen molar-refractivity contribution in [2.75, 3.05) is 5.32 Å². The molecule has 2 fully saturated rings. The maximum absolute atomic E-state index is 11.1. The summed E-state index contributed by atoms with van der Waals surface area (Å²) in [6.07, 6.45) is 5.47. The van der Waals surface area contributed by atoms with Gasteiger partial charge in [-0.25, -0.2) is 9.78 Å². The predicted molar refractivity (Wildman–Crippen MR) is 78.0 cm³/mol. The van der Waals surface area contributed by atoms with Crippen molar-refractivity contribution in [3.8, 4) is 0 Å². The van der Waals surface area contributed by atoms with Crippen LogP contribution in [0.1, 0.15) is 48.7 Å². The third-order valence-electron chi connectivity index (χ3n) is 5.01. The fourth-order valence-electron chi connectivity index (χ4n) is 4.11. The number of anilines is 1. The van der Waals surface area contributed by atoms with Gasteiger partial charge in [0.25, 0.3) is 0 Å². The molecule has 4 heteroatoms. The summed E-state index contributed by atoms with van der Waals surface area (Å²) in [6.45, 7) is 4.04. The van der Waals surface area contributed by atoms with Crippen molar-refractivity contribution in [1.82, 2.24) is 4.98 Å². The van der Waals surface area contributed by atoms with Crippen LogP contribution in [0, 0.1) is 24.7 Å². The van der Waals surface area contributed by atoms with Gasteiger partial charge in [-0.1, -0.05) is 6.42 Å². The zero-order valence-corrected chi connectivity index (χ0v) is 12.1. The first kappa shape index (κ1) is 13.4. The average molecular weight is 274 g/mol. The lowest BCUT2D eigenvalue weighted by Crippen LogP contribution is -2.30. The molecule has 1 aromatic heterocycles. The number of aromatic nitrogens is 1. The van der Waals surface area contributed by atoms with Gasteiger partial charge in [-0.3, -0.25) is 0 Å². The van der Waals surface area contributed by atoms with E-state index in [1.807, 2.05) is 6.92 Å². The van der Waals surface area contributed by atoms with E-state index in [0.717, 1.165) is 17.5 Å². The van der Waals surface area contributed by atoms with Crippen molar-refractivity contribution in [2.24, 2.45) is 17.8 Å². The fraction of sp³-hybridized carbons (Fsp3) is 0.625. The van der Waals surface area contributed by atoms with E-state index in [-0.39, 0.29) is 0 Å². The second-order valence-electron chi connectivity index (χ2n) is 6.46. The Hall–Kier alpha value is -1.58. The zero-order valence-electron chi connectivity index (χ0n) is 12.1. The number of aryl methyl sites for hydroxylation is 1. The number of hydrogen-bond acceptors (Lipinski definition) is 3. The first-order valence-electron chi connectivity index (χ1n) is 7.51. The molecule has 4 atom stereocenters. The van der Waals surface area contributed by atoms with Crippen molar-refractivity contribution in [3.63, 3.8) is 0 Å². The number of rotatable bonds is 4. The molecule has 2 saturated carbocycles. The molecule has 0 radical (unpaired) electrons. The van der Waals surface area contributed by atoms with Crippen LogP contribution in [0.15, 0.2) is 12.1 Å². The molecule has 108 valence electrons. The van der Waals surface area contributed by atoms with Gasteiger partial charge in [-0.05, 0) is 63.0 Å². The fourth-order valence-corrected chi connectivity index (χ4v) is 4.11. The Balaban J connectivity index is 1.72. The predicted octanol–water partition coefficient (Wildman–Crippen LogP) is 3.32. The number of carbonyl (C=O) groups is 1. The van der Waals surface area contributed by atoms with Crippen LogP contribution in [0.2, 0.25) is 0 Å². The van der Waals surface area contributed by atoms with Gasteiger partial charge in [-0.2, -0.15) is 0 Å². The number of carboxylic acid groups (broad SMARTS) is 1. The van der Waals surface area contributed by atoms with Gasteiger partial charge >= 0.3 is 5.97 Å². The summed E-state index contributed by atoms with van der Waals surface area (Å²) in [5, 5.41) is 12.5. The number of carboxylic acids is 1. The zero-order chi connectivity index (χ0) is 14.3. The summed E-state index contributed by atoms with van der Waals surface area (Å²) in [6, 6.07) is 3.61. The van der Waals surface area contributed by atoms with E-state index in [4.69, 9.17) is 5.11 Å². The van der Waals surface area contributed by atoms with E-state index in [2.05, 4.69) is 17.2 Å². The van der Waals surface area contributed by atoms with Crippen LogP contribution in [0.5, 0.6) is 0 Å². The molecule has 0 saturated heterocycles. The number of hydrogen-bond donors (Lipinski definition) is 2. The Labute approximate surface area is 119 Å². The van der Waals surface area contributed by atoms with E-state index < -0.39 is 5.97 Å². The van der Waals surface area contributed by atoms with Crippen LogP contribution in [-0.4, -0.2) is 22.1 Å². The Morgan fingerprint density at radius 3 is 2.80 bits per heavy atom. The van der Waals surface area contributed by atoms with Crippen molar-refractivity contribution in [1.29, 1.82) is 0 Å². The van der Waals surface area contributed by atoms with E-state index in [0.29, 0.717) is 23.3 Å². The lowest BCUT2D eigenvalue weighted by Gasteiger charge is -2.29. The van der Waals surface area contributed by atoms with Gasteiger partial charge in [0.05, 0.1) is 5.56 Å². The molecule has 4 nitrogen and oxygen atoms in total. The first-order chi connectivity index (χ1) is 9.52. The summed E-state index contributed by atoms with van der Waals surface area (Å²) in [7, 11) is 0. The van der Waals surface area contributed by atoms with E-state index in [1.165, 1.54) is 25.7 Å². The van der Waals surface area contributed by atoms with Crippen LogP contribution < -0.4 is 5.32 Å². The highest BCUT2D eigenvalue weighted by Gasteiger charge is 2.41. The summed E-state index contributed by atoms with van der Waals surface area (Å²) in [5.74, 6) is 2.29. The molecule has 4 unspecified atom stereocenters. The second kappa shape index (κ2) is 5.08. The number of pyridine rings is 1. The van der Waals surface area contributed by atoms with Gasteiger partial charge in [0.2, 0.25) is 0 Å². The Bertz CT molecular complexity index is 529. The van der Waals surface area contributed by atoms with Gasteiger partial charge in [0.1, 0.15) is 5.82 Å². The molecule has 0 amide bonds. The van der Waals surface area contributed by atoms with E-state index in [9.17, 15) is 4.79 Å². The van der Waals surface area contributed by atoms with E-state index in [1.54, 1.807) is 12.1 Å². The van der Waals surface area contributed by atoms with E-state index >= 15 is 0 Å². The largest absolute Gasteiger partial charge is 0.478 e. The van der Waals surface area contributed by atoms with Gasteiger partial charge in [0, 0.05) is 11.7 Å². The number of aromatic carboxylic acids is 1. The Kier molecular flexibility index (Phi) is 3.40. The maximum Gasteiger partial charge on any atom is 0.335 e. The molecule has 0 aliphatic heterocycles. The summed E-state index contributed by atoms with van der Waals surface area (Å²) < 4.78 is 0. The molecule has 1 aromatic rings. The quantitative estimate of drug-likeness (QED) is 0.884. The third-order valence-corrected chi connectivity index (χ3v) is 5.01. The minimum absolute atomic E-state index is 0.306. The van der Waals surface area contributed by atoms with Crippen LogP contribution in [0.4, 0.5) is 5.82 Å². The van der Waals surface area contributed by atoms with Crippen LogP contribution in [0.25, 0.3) is 0 Å². The molecule has 0 aromatic carbocycles. The lowest BCUT2D eigenvalue weighted by molar-refractivity contribution is 0.0696. The number of fused-ring (bicyclic) bond motifs is 2. The molecule has 0 spiro atoms. The maximum atomic E-state index is 11.1. The highest BCUT2D eigenvalue weighted by molar-refractivity contribution is 5.88. The van der Waals surface area contributed by atoms with Crippen LogP contribution in [0.3, 0.4) is 0 Å². The van der Waals surface area contributed by atoms with Gasteiger partial charge in [-0.15, -0.1) is 0 Å². The number of nitrogens with one attached hydrogen (secondary N) is 1. The molecule has 2 bridgehead atoms. The van der Waals surface area contributed by atoms with Crippen LogP contribution >= 0.6 is 0 Å². The second-order valence-corrected chi connectivity index (χ2v) is 6.46.